The Bertz CT molecular complexity index is 623. The van der Waals surface area contributed by atoms with E-state index in [1.807, 2.05) is 0 Å². The smallest absolute Gasteiger partial charge is 0.318 e. The SMILES string of the molecule is COc1ncc(NC(=O)c2cc(C)on2)c(N(C)C)n1. The molecule has 0 bridgehead atoms. The molecule has 106 valence electrons. The van der Waals surface area contributed by atoms with E-state index < -0.39 is 5.91 Å². The summed E-state index contributed by atoms with van der Waals surface area (Å²) >= 11 is 0. The number of methoxy groups -OCH3 is 1. The van der Waals surface area contributed by atoms with Crippen LogP contribution in [0.3, 0.4) is 0 Å². The normalized spacial score (nSPS) is 10.2. The molecule has 8 heteroatoms. The number of hydrogen-bond donors (Lipinski definition) is 1. The van der Waals surface area contributed by atoms with Gasteiger partial charge in [-0.15, -0.1) is 0 Å². The highest BCUT2D eigenvalue weighted by Gasteiger charge is 2.16. The molecule has 0 spiro atoms. The molecule has 0 aliphatic carbocycles. The van der Waals surface area contributed by atoms with Gasteiger partial charge in [-0.25, -0.2) is 4.98 Å². The van der Waals surface area contributed by atoms with Crippen molar-refractivity contribution in [1.82, 2.24) is 15.1 Å². The van der Waals surface area contributed by atoms with Crippen LogP contribution in [-0.2, 0) is 0 Å². The fourth-order valence-corrected chi connectivity index (χ4v) is 1.54. The number of carbonyl (C=O) groups excluding carboxylic acids is 1. The van der Waals surface area contributed by atoms with Crippen LogP contribution in [0.4, 0.5) is 11.5 Å². The standard InChI is InChI=1S/C12H15N5O3/c1-7-5-8(16-20-7)11(18)14-9-6-13-12(19-4)15-10(9)17(2)3/h5-6H,1-4H3,(H,14,18). The molecule has 0 saturated carbocycles. The number of ether oxygens (including phenoxy) is 1. The number of anilines is 2. The van der Waals surface area contributed by atoms with E-state index in [0.29, 0.717) is 17.3 Å². The lowest BCUT2D eigenvalue weighted by atomic mass is 10.3. The molecule has 2 aromatic heterocycles. The Labute approximate surface area is 115 Å². The summed E-state index contributed by atoms with van der Waals surface area (Å²) in [4.78, 5) is 21.9. The first-order valence-electron chi connectivity index (χ1n) is 5.84. The third kappa shape index (κ3) is 2.85. The summed E-state index contributed by atoms with van der Waals surface area (Å²) in [5.41, 5.74) is 0.657. The predicted octanol–water partition coefficient (Wildman–Crippen LogP) is 1.10. The van der Waals surface area contributed by atoms with Gasteiger partial charge in [0.2, 0.25) is 0 Å². The number of amides is 1. The molecule has 2 rings (SSSR count). The fraction of sp³-hybridized carbons (Fsp3) is 0.333. The lowest BCUT2D eigenvalue weighted by Gasteiger charge is -2.16. The van der Waals surface area contributed by atoms with Gasteiger partial charge in [0.1, 0.15) is 11.4 Å². The van der Waals surface area contributed by atoms with Crippen molar-refractivity contribution >= 4 is 17.4 Å². The number of nitrogens with zero attached hydrogens (tertiary/aromatic N) is 4. The van der Waals surface area contributed by atoms with E-state index in [2.05, 4.69) is 20.4 Å². The van der Waals surface area contributed by atoms with Crippen LogP contribution >= 0.6 is 0 Å². The molecule has 0 aliphatic rings. The molecule has 0 fully saturated rings. The highest BCUT2D eigenvalue weighted by molar-refractivity contribution is 6.04. The van der Waals surface area contributed by atoms with Crippen LogP contribution in [0.2, 0.25) is 0 Å². The van der Waals surface area contributed by atoms with Gasteiger partial charge in [0.15, 0.2) is 11.5 Å². The minimum atomic E-state index is -0.390. The van der Waals surface area contributed by atoms with Crippen molar-refractivity contribution in [3.8, 4) is 6.01 Å². The first-order chi connectivity index (χ1) is 9.51. The minimum absolute atomic E-state index is 0.197. The molecule has 1 N–H and O–H groups in total. The molecule has 20 heavy (non-hydrogen) atoms. The molecule has 8 nitrogen and oxygen atoms in total. The maximum atomic E-state index is 12.0. The summed E-state index contributed by atoms with van der Waals surface area (Å²) in [6.45, 7) is 1.71. The summed E-state index contributed by atoms with van der Waals surface area (Å²) in [5.74, 6) is 0.707. The second-order valence-corrected chi connectivity index (χ2v) is 4.27. The van der Waals surface area contributed by atoms with Crippen LogP contribution in [0.5, 0.6) is 6.01 Å². The van der Waals surface area contributed by atoms with E-state index in [0.717, 1.165) is 0 Å². The first kappa shape index (κ1) is 13.8. The molecule has 0 unspecified atom stereocenters. The number of hydrogen-bond acceptors (Lipinski definition) is 7. The lowest BCUT2D eigenvalue weighted by Crippen LogP contribution is -2.18. The Morgan fingerprint density at radius 2 is 2.20 bits per heavy atom. The molecular formula is C12H15N5O3. The number of nitrogens with one attached hydrogen (secondary N) is 1. The number of rotatable bonds is 4. The van der Waals surface area contributed by atoms with E-state index in [9.17, 15) is 4.79 Å². The zero-order chi connectivity index (χ0) is 14.7. The van der Waals surface area contributed by atoms with Crippen LogP contribution in [0.1, 0.15) is 16.2 Å². The monoisotopic (exact) mass is 277 g/mol. The van der Waals surface area contributed by atoms with Crippen molar-refractivity contribution < 1.29 is 14.1 Å². The average molecular weight is 277 g/mol. The van der Waals surface area contributed by atoms with Crippen LogP contribution in [0, 0.1) is 6.92 Å². The maximum Gasteiger partial charge on any atom is 0.318 e. The largest absolute Gasteiger partial charge is 0.467 e. The van der Waals surface area contributed by atoms with Crippen LogP contribution in [-0.4, -0.2) is 42.2 Å². The van der Waals surface area contributed by atoms with Gasteiger partial charge in [-0.3, -0.25) is 4.79 Å². The quantitative estimate of drug-likeness (QED) is 0.894. The zero-order valence-electron chi connectivity index (χ0n) is 11.7. The van der Waals surface area contributed by atoms with Crippen LogP contribution < -0.4 is 15.0 Å². The highest BCUT2D eigenvalue weighted by Crippen LogP contribution is 2.23. The summed E-state index contributed by atoms with van der Waals surface area (Å²) in [6, 6.07) is 1.78. The third-order valence-corrected chi connectivity index (χ3v) is 2.46. The first-order valence-corrected chi connectivity index (χ1v) is 5.84. The zero-order valence-corrected chi connectivity index (χ0v) is 11.7. The molecule has 0 aromatic carbocycles. The Hall–Kier alpha value is -2.64. The highest BCUT2D eigenvalue weighted by atomic mass is 16.5. The molecule has 0 saturated heterocycles. The molecule has 0 aliphatic heterocycles. The second kappa shape index (κ2) is 5.55. The summed E-state index contributed by atoms with van der Waals surface area (Å²) in [7, 11) is 5.08. The van der Waals surface area contributed by atoms with E-state index in [4.69, 9.17) is 9.26 Å². The van der Waals surface area contributed by atoms with E-state index in [-0.39, 0.29) is 11.7 Å². The van der Waals surface area contributed by atoms with Gasteiger partial charge in [0.05, 0.1) is 13.3 Å². The summed E-state index contributed by atoms with van der Waals surface area (Å²) in [5, 5.41) is 6.34. The minimum Gasteiger partial charge on any atom is -0.467 e. The summed E-state index contributed by atoms with van der Waals surface area (Å²) < 4.78 is 9.83. The topological polar surface area (TPSA) is 93.4 Å². The average Bonchev–Trinajstić information content (AvgIpc) is 2.85. The molecule has 2 heterocycles. The molecular weight excluding hydrogens is 262 g/mol. The van der Waals surface area contributed by atoms with Gasteiger partial charge in [-0.2, -0.15) is 4.98 Å². The van der Waals surface area contributed by atoms with Crippen molar-refractivity contribution in [2.75, 3.05) is 31.4 Å². The van der Waals surface area contributed by atoms with Crippen molar-refractivity contribution in [2.45, 2.75) is 6.92 Å². The van der Waals surface area contributed by atoms with Gasteiger partial charge in [0, 0.05) is 20.2 Å². The van der Waals surface area contributed by atoms with Gasteiger partial charge < -0.3 is 19.5 Å². The molecule has 2 aromatic rings. The van der Waals surface area contributed by atoms with Crippen molar-refractivity contribution in [2.24, 2.45) is 0 Å². The maximum absolute atomic E-state index is 12.0. The summed E-state index contributed by atoms with van der Waals surface area (Å²) in [6.07, 6.45) is 1.48. The number of aryl methyl sites for hydroxylation is 1. The van der Waals surface area contributed by atoms with Crippen LogP contribution in [0.15, 0.2) is 16.8 Å². The predicted molar refractivity (Wildman–Crippen MR) is 72.1 cm³/mol. The van der Waals surface area contributed by atoms with Gasteiger partial charge in [0.25, 0.3) is 5.91 Å². The Morgan fingerprint density at radius 1 is 1.45 bits per heavy atom. The lowest BCUT2D eigenvalue weighted by molar-refractivity contribution is 0.101. The fourth-order valence-electron chi connectivity index (χ4n) is 1.54. The van der Waals surface area contributed by atoms with Crippen molar-refractivity contribution in [3.05, 3.63) is 23.7 Å². The van der Waals surface area contributed by atoms with Crippen molar-refractivity contribution in [1.29, 1.82) is 0 Å². The van der Waals surface area contributed by atoms with E-state index in [1.54, 1.807) is 32.0 Å². The van der Waals surface area contributed by atoms with E-state index in [1.165, 1.54) is 13.3 Å². The van der Waals surface area contributed by atoms with Crippen LogP contribution in [0.25, 0.3) is 0 Å². The Balaban J connectivity index is 2.26. The number of aromatic nitrogens is 3. The molecule has 1 amide bonds. The number of carbonyl (C=O) groups is 1. The van der Waals surface area contributed by atoms with Gasteiger partial charge >= 0.3 is 6.01 Å². The van der Waals surface area contributed by atoms with Gasteiger partial charge in [-0.1, -0.05) is 5.16 Å². The van der Waals surface area contributed by atoms with Gasteiger partial charge in [-0.05, 0) is 6.92 Å². The Morgan fingerprint density at radius 3 is 2.75 bits per heavy atom. The Kier molecular flexibility index (Phi) is 3.83. The molecule has 0 atom stereocenters. The van der Waals surface area contributed by atoms with Crippen molar-refractivity contribution in [3.63, 3.8) is 0 Å². The third-order valence-electron chi connectivity index (χ3n) is 2.46. The van der Waals surface area contributed by atoms with E-state index >= 15 is 0 Å². The second-order valence-electron chi connectivity index (χ2n) is 4.27. The molecule has 0 radical (unpaired) electrons.